The quantitative estimate of drug-likeness (QED) is 0.768. The molecule has 0 saturated carbocycles. The Morgan fingerprint density at radius 3 is 2.48 bits per heavy atom. The minimum atomic E-state index is -3.54. The van der Waals surface area contributed by atoms with Crippen molar-refractivity contribution in [1.29, 1.82) is 0 Å². The molecule has 0 radical (unpaired) electrons. The second-order valence-electron chi connectivity index (χ2n) is 5.77. The van der Waals surface area contributed by atoms with E-state index in [4.69, 9.17) is 11.6 Å². The Morgan fingerprint density at radius 2 is 1.90 bits per heavy atom. The predicted octanol–water partition coefficient (Wildman–Crippen LogP) is 3.31. The summed E-state index contributed by atoms with van der Waals surface area (Å²) in [4.78, 5) is 0.254. The molecule has 6 heteroatoms. The van der Waals surface area contributed by atoms with Crippen LogP contribution in [-0.2, 0) is 16.6 Å². The van der Waals surface area contributed by atoms with E-state index in [0.29, 0.717) is 11.6 Å². The van der Waals surface area contributed by atoms with Crippen molar-refractivity contribution < 1.29 is 8.42 Å². The molecule has 0 aromatic heterocycles. The molecule has 1 rings (SSSR count). The lowest BCUT2D eigenvalue weighted by Crippen LogP contribution is -2.43. The molecule has 21 heavy (non-hydrogen) atoms. The van der Waals surface area contributed by atoms with Crippen molar-refractivity contribution in [3.05, 3.63) is 28.8 Å². The highest BCUT2D eigenvalue weighted by Crippen LogP contribution is 2.22. The van der Waals surface area contributed by atoms with Gasteiger partial charge in [-0.2, -0.15) is 0 Å². The summed E-state index contributed by atoms with van der Waals surface area (Å²) in [7, 11) is -3.54. The minimum Gasteiger partial charge on any atom is -0.313 e. The Kier molecular flexibility index (Phi) is 6.66. The van der Waals surface area contributed by atoms with Crippen molar-refractivity contribution in [2.24, 2.45) is 0 Å². The fourth-order valence-electron chi connectivity index (χ4n) is 2.21. The lowest BCUT2D eigenvalue weighted by atomic mass is 10.0. The highest BCUT2D eigenvalue weighted by atomic mass is 35.5. The van der Waals surface area contributed by atoms with Gasteiger partial charge in [-0.3, -0.25) is 0 Å². The van der Waals surface area contributed by atoms with Gasteiger partial charge in [-0.15, -0.1) is 0 Å². The Bertz CT molecular complexity index is 571. The van der Waals surface area contributed by atoms with Gasteiger partial charge in [0.15, 0.2) is 0 Å². The van der Waals surface area contributed by atoms with Gasteiger partial charge >= 0.3 is 0 Å². The summed E-state index contributed by atoms with van der Waals surface area (Å²) in [5, 5.41) is 3.72. The van der Waals surface area contributed by atoms with E-state index >= 15 is 0 Å². The number of hydrogen-bond acceptors (Lipinski definition) is 3. The molecule has 1 aromatic rings. The Morgan fingerprint density at radius 1 is 1.24 bits per heavy atom. The van der Waals surface area contributed by atoms with Gasteiger partial charge in [-0.25, -0.2) is 13.1 Å². The van der Waals surface area contributed by atoms with Crippen LogP contribution in [0.3, 0.4) is 0 Å². The Hall–Kier alpha value is -0.620. The average Bonchev–Trinajstić information content (AvgIpc) is 2.36. The molecule has 0 aliphatic carbocycles. The number of nitrogens with one attached hydrogen (secondary N) is 2. The first kappa shape index (κ1) is 18.4. The molecule has 1 aromatic carbocycles. The number of sulfonamides is 1. The van der Waals surface area contributed by atoms with Crippen LogP contribution in [0.5, 0.6) is 0 Å². The normalized spacial score (nSPS) is 12.6. The second kappa shape index (κ2) is 7.58. The topological polar surface area (TPSA) is 58.2 Å². The number of rotatable bonds is 8. The standard InChI is InChI=1S/C15H25ClN2O2S/c1-5-9-15(3,4)18-21(19,20)13-7-8-14(16)12(10-13)11-17-6-2/h7-8,10,17-18H,5-6,9,11H2,1-4H3. The van der Waals surface area contributed by atoms with Crippen molar-refractivity contribution in [1.82, 2.24) is 10.0 Å². The van der Waals surface area contributed by atoms with Gasteiger partial charge in [-0.05, 0) is 50.6 Å². The molecule has 0 heterocycles. The van der Waals surface area contributed by atoms with E-state index in [-0.39, 0.29) is 4.90 Å². The van der Waals surface area contributed by atoms with Crippen LogP contribution in [0.2, 0.25) is 5.02 Å². The van der Waals surface area contributed by atoms with Crippen LogP contribution in [0, 0.1) is 0 Å². The van der Waals surface area contributed by atoms with Crippen LogP contribution in [0.4, 0.5) is 0 Å². The molecule has 0 saturated heterocycles. The van der Waals surface area contributed by atoms with Crippen LogP contribution in [-0.4, -0.2) is 20.5 Å². The highest BCUT2D eigenvalue weighted by Gasteiger charge is 2.25. The smallest absolute Gasteiger partial charge is 0.241 e. The average molecular weight is 333 g/mol. The largest absolute Gasteiger partial charge is 0.313 e. The zero-order valence-corrected chi connectivity index (χ0v) is 14.7. The van der Waals surface area contributed by atoms with Crippen molar-refractivity contribution in [3.8, 4) is 0 Å². The molecule has 0 bridgehead atoms. The van der Waals surface area contributed by atoms with E-state index in [0.717, 1.165) is 24.9 Å². The third-order valence-corrected chi connectivity index (χ3v) is 5.24. The molecular weight excluding hydrogens is 308 g/mol. The number of hydrogen-bond donors (Lipinski definition) is 2. The maximum Gasteiger partial charge on any atom is 0.241 e. The zero-order chi connectivity index (χ0) is 16.1. The summed E-state index contributed by atoms with van der Waals surface area (Å²) < 4.78 is 27.7. The third kappa shape index (κ3) is 5.58. The van der Waals surface area contributed by atoms with Crippen molar-refractivity contribution in [3.63, 3.8) is 0 Å². The van der Waals surface area contributed by atoms with Crippen LogP contribution in [0.25, 0.3) is 0 Å². The van der Waals surface area contributed by atoms with Crippen molar-refractivity contribution >= 4 is 21.6 Å². The predicted molar refractivity (Wildman–Crippen MR) is 88.1 cm³/mol. The third-order valence-electron chi connectivity index (χ3n) is 3.18. The molecule has 2 N–H and O–H groups in total. The van der Waals surface area contributed by atoms with Gasteiger partial charge in [0.25, 0.3) is 0 Å². The summed E-state index contributed by atoms with van der Waals surface area (Å²) in [6.07, 6.45) is 1.70. The number of benzene rings is 1. The molecule has 0 aliphatic heterocycles. The molecule has 0 amide bonds. The highest BCUT2D eigenvalue weighted by molar-refractivity contribution is 7.89. The van der Waals surface area contributed by atoms with Crippen molar-refractivity contribution in [2.45, 2.75) is 57.5 Å². The van der Waals surface area contributed by atoms with Crippen molar-refractivity contribution in [2.75, 3.05) is 6.54 Å². The maximum atomic E-state index is 12.5. The fraction of sp³-hybridized carbons (Fsp3) is 0.600. The molecule has 0 spiro atoms. The van der Waals surface area contributed by atoms with E-state index in [1.165, 1.54) is 0 Å². The van der Waals surface area contributed by atoms with Gasteiger partial charge in [0.2, 0.25) is 10.0 Å². The van der Waals surface area contributed by atoms with E-state index < -0.39 is 15.6 Å². The van der Waals surface area contributed by atoms with E-state index in [1.54, 1.807) is 18.2 Å². The van der Waals surface area contributed by atoms with Crippen LogP contribution >= 0.6 is 11.6 Å². The molecule has 0 fully saturated rings. The summed E-state index contributed by atoms with van der Waals surface area (Å²) in [6.45, 7) is 9.16. The van der Waals surface area contributed by atoms with Gasteiger partial charge in [0.05, 0.1) is 4.90 Å². The molecule has 4 nitrogen and oxygen atoms in total. The fourth-order valence-corrected chi connectivity index (χ4v) is 3.89. The zero-order valence-electron chi connectivity index (χ0n) is 13.2. The van der Waals surface area contributed by atoms with Crippen LogP contribution in [0.15, 0.2) is 23.1 Å². The van der Waals surface area contributed by atoms with Crippen LogP contribution in [0.1, 0.15) is 46.1 Å². The van der Waals surface area contributed by atoms with E-state index in [2.05, 4.69) is 10.0 Å². The molecular formula is C15H25ClN2O2S. The second-order valence-corrected chi connectivity index (χ2v) is 7.86. The first-order chi connectivity index (χ1) is 9.72. The first-order valence-corrected chi connectivity index (χ1v) is 9.11. The van der Waals surface area contributed by atoms with Gasteiger partial charge < -0.3 is 5.32 Å². The molecule has 0 atom stereocenters. The van der Waals surface area contributed by atoms with E-state index in [9.17, 15) is 8.42 Å². The minimum absolute atomic E-state index is 0.254. The SMILES string of the molecule is CCCC(C)(C)NS(=O)(=O)c1ccc(Cl)c(CNCC)c1. The lowest BCUT2D eigenvalue weighted by Gasteiger charge is -2.25. The first-order valence-electron chi connectivity index (χ1n) is 7.25. The summed E-state index contributed by atoms with van der Waals surface area (Å²) >= 11 is 6.11. The number of halogens is 1. The van der Waals surface area contributed by atoms with E-state index in [1.807, 2.05) is 27.7 Å². The summed E-state index contributed by atoms with van der Waals surface area (Å²) in [6, 6.07) is 4.81. The van der Waals surface area contributed by atoms with Gasteiger partial charge in [0, 0.05) is 17.1 Å². The van der Waals surface area contributed by atoms with Crippen LogP contribution < -0.4 is 10.0 Å². The molecule has 120 valence electrons. The molecule has 0 unspecified atom stereocenters. The summed E-state index contributed by atoms with van der Waals surface area (Å²) in [5.41, 5.74) is 0.324. The Balaban J connectivity index is 3.03. The molecule has 0 aliphatic rings. The Labute approximate surface area is 133 Å². The summed E-state index contributed by atoms with van der Waals surface area (Å²) in [5.74, 6) is 0. The van der Waals surface area contributed by atoms with Gasteiger partial charge in [0.1, 0.15) is 0 Å². The maximum absolute atomic E-state index is 12.5. The lowest BCUT2D eigenvalue weighted by molar-refractivity contribution is 0.417. The van der Waals surface area contributed by atoms with Gasteiger partial charge in [-0.1, -0.05) is 31.9 Å². The monoisotopic (exact) mass is 332 g/mol.